The Morgan fingerprint density at radius 2 is 2.40 bits per heavy atom. The zero-order valence-electron chi connectivity index (χ0n) is 8.41. The fraction of sp³-hybridized carbons (Fsp3) is 0.545. The molecule has 0 aliphatic heterocycles. The third-order valence-corrected chi connectivity index (χ3v) is 2.73. The second kappa shape index (κ2) is 4.47. The first-order valence-electron chi connectivity index (χ1n) is 5.23. The normalized spacial score (nSPS) is 26.2. The van der Waals surface area contributed by atoms with E-state index >= 15 is 0 Å². The first-order chi connectivity index (χ1) is 7.25. The molecule has 0 radical (unpaired) electrons. The summed E-state index contributed by atoms with van der Waals surface area (Å²) in [5.74, 6) is -0.178. The van der Waals surface area contributed by atoms with Crippen molar-refractivity contribution in [2.24, 2.45) is 0 Å². The van der Waals surface area contributed by atoms with E-state index in [-0.39, 0.29) is 11.9 Å². The molecular weight excluding hydrogens is 197 g/mol. The molecule has 1 aliphatic rings. The molecule has 82 valence electrons. The lowest BCUT2D eigenvalue weighted by Gasteiger charge is -2.25. The number of hydrogen-bond acceptors (Lipinski definition) is 2. The van der Waals surface area contributed by atoms with Crippen LogP contribution in [0.4, 0.5) is 4.39 Å². The number of alkyl halides is 1. The molecule has 2 rings (SSSR count). The maximum atomic E-state index is 13.1. The summed E-state index contributed by atoms with van der Waals surface area (Å²) in [6.45, 7) is 0. The molecule has 1 fully saturated rings. The van der Waals surface area contributed by atoms with Gasteiger partial charge in [-0.3, -0.25) is 4.79 Å². The van der Waals surface area contributed by atoms with E-state index in [0.717, 1.165) is 12.8 Å². The van der Waals surface area contributed by atoms with Gasteiger partial charge >= 0.3 is 0 Å². The first-order valence-corrected chi connectivity index (χ1v) is 5.23. The molecule has 15 heavy (non-hydrogen) atoms. The average Bonchev–Trinajstić information content (AvgIpc) is 2.70. The molecule has 1 N–H and O–H groups in total. The van der Waals surface area contributed by atoms with Crippen LogP contribution in [-0.4, -0.2) is 18.1 Å². The van der Waals surface area contributed by atoms with Crippen molar-refractivity contribution in [3.8, 4) is 0 Å². The van der Waals surface area contributed by atoms with E-state index in [1.165, 1.54) is 12.5 Å². The Labute approximate surface area is 87.7 Å². The van der Waals surface area contributed by atoms with Crippen molar-refractivity contribution in [2.45, 2.75) is 37.9 Å². The number of carbonyl (C=O) groups excluding carboxylic acids is 1. The average molecular weight is 211 g/mol. The van der Waals surface area contributed by atoms with E-state index in [0.29, 0.717) is 18.4 Å². The van der Waals surface area contributed by atoms with Crippen LogP contribution in [0.1, 0.15) is 36.0 Å². The fourth-order valence-corrected chi connectivity index (χ4v) is 1.92. The molecule has 1 aliphatic carbocycles. The van der Waals surface area contributed by atoms with Gasteiger partial charge in [-0.2, -0.15) is 0 Å². The van der Waals surface area contributed by atoms with Crippen molar-refractivity contribution in [2.75, 3.05) is 0 Å². The molecule has 1 saturated carbocycles. The second-order valence-corrected chi connectivity index (χ2v) is 3.95. The summed E-state index contributed by atoms with van der Waals surface area (Å²) < 4.78 is 17.9. The molecular formula is C11H14FNO2. The largest absolute Gasteiger partial charge is 0.472 e. The lowest BCUT2D eigenvalue weighted by Crippen LogP contribution is -2.38. The molecule has 1 aromatic heterocycles. The zero-order chi connectivity index (χ0) is 10.7. The van der Waals surface area contributed by atoms with Crippen LogP contribution in [0.25, 0.3) is 0 Å². The van der Waals surface area contributed by atoms with Gasteiger partial charge in [0.2, 0.25) is 0 Å². The Morgan fingerprint density at radius 1 is 1.53 bits per heavy atom. The van der Waals surface area contributed by atoms with E-state index in [1.807, 2.05) is 0 Å². The standard InChI is InChI=1S/C11H14FNO2/c12-9-2-1-3-10(6-9)13-11(14)8-4-5-15-7-8/h4-5,7,9-10H,1-3,6H2,(H,13,14)/t9-,10+/m0/s1. The van der Waals surface area contributed by atoms with Gasteiger partial charge in [0.15, 0.2) is 0 Å². The lowest BCUT2D eigenvalue weighted by molar-refractivity contribution is 0.0912. The van der Waals surface area contributed by atoms with Crippen LogP contribution in [0, 0.1) is 0 Å². The maximum absolute atomic E-state index is 13.1. The van der Waals surface area contributed by atoms with Gasteiger partial charge in [0, 0.05) is 6.04 Å². The van der Waals surface area contributed by atoms with Gasteiger partial charge < -0.3 is 9.73 Å². The highest BCUT2D eigenvalue weighted by molar-refractivity contribution is 5.93. The number of hydrogen-bond donors (Lipinski definition) is 1. The van der Waals surface area contributed by atoms with Crippen LogP contribution >= 0.6 is 0 Å². The molecule has 3 nitrogen and oxygen atoms in total. The second-order valence-electron chi connectivity index (χ2n) is 3.95. The minimum Gasteiger partial charge on any atom is -0.472 e. The van der Waals surface area contributed by atoms with Crippen LogP contribution in [0.2, 0.25) is 0 Å². The molecule has 0 unspecified atom stereocenters. The number of rotatable bonds is 2. The molecule has 2 atom stereocenters. The molecule has 0 bridgehead atoms. The van der Waals surface area contributed by atoms with E-state index in [2.05, 4.69) is 5.32 Å². The Kier molecular flexibility index (Phi) is 3.04. The molecule has 1 amide bonds. The van der Waals surface area contributed by atoms with Gasteiger partial charge in [0.25, 0.3) is 5.91 Å². The summed E-state index contributed by atoms with van der Waals surface area (Å²) in [7, 11) is 0. The highest BCUT2D eigenvalue weighted by atomic mass is 19.1. The molecule has 0 saturated heterocycles. The van der Waals surface area contributed by atoms with Crippen molar-refractivity contribution in [1.82, 2.24) is 5.32 Å². The fourth-order valence-electron chi connectivity index (χ4n) is 1.92. The third-order valence-electron chi connectivity index (χ3n) is 2.73. The Hall–Kier alpha value is -1.32. The summed E-state index contributed by atoms with van der Waals surface area (Å²) in [6, 6.07) is 1.57. The zero-order valence-corrected chi connectivity index (χ0v) is 8.41. The Balaban J connectivity index is 1.89. The summed E-state index contributed by atoms with van der Waals surface area (Å²) in [5.41, 5.74) is 0.496. The van der Waals surface area contributed by atoms with Crippen LogP contribution in [0.5, 0.6) is 0 Å². The predicted octanol–water partition coefficient (Wildman–Crippen LogP) is 2.29. The highest BCUT2D eigenvalue weighted by Gasteiger charge is 2.23. The minimum absolute atomic E-state index is 0.0313. The van der Waals surface area contributed by atoms with Crippen molar-refractivity contribution < 1.29 is 13.6 Å². The van der Waals surface area contributed by atoms with Gasteiger partial charge in [-0.05, 0) is 31.7 Å². The topological polar surface area (TPSA) is 42.2 Å². The monoisotopic (exact) mass is 211 g/mol. The van der Waals surface area contributed by atoms with Crippen LogP contribution in [0.15, 0.2) is 23.0 Å². The van der Waals surface area contributed by atoms with Crippen LogP contribution in [0.3, 0.4) is 0 Å². The van der Waals surface area contributed by atoms with E-state index in [1.54, 1.807) is 6.07 Å². The van der Waals surface area contributed by atoms with Gasteiger partial charge in [-0.25, -0.2) is 4.39 Å². The molecule has 0 aromatic carbocycles. The minimum atomic E-state index is -0.770. The van der Waals surface area contributed by atoms with Crippen molar-refractivity contribution in [1.29, 1.82) is 0 Å². The van der Waals surface area contributed by atoms with Gasteiger partial charge in [-0.1, -0.05) is 0 Å². The summed E-state index contributed by atoms with van der Waals surface area (Å²) in [5, 5.41) is 2.81. The first kappa shape index (κ1) is 10.2. The Morgan fingerprint density at radius 3 is 3.07 bits per heavy atom. The summed E-state index contributed by atoms with van der Waals surface area (Å²) >= 11 is 0. The quantitative estimate of drug-likeness (QED) is 0.815. The maximum Gasteiger partial charge on any atom is 0.254 e. The van der Waals surface area contributed by atoms with E-state index in [9.17, 15) is 9.18 Å². The number of carbonyl (C=O) groups is 1. The summed E-state index contributed by atoms with van der Waals surface area (Å²) in [4.78, 5) is 11.6. The lowest BCUT2D eigenvalue weighted by atomic mass is 9.94. The molecule has 1 aromatic rings. The van der Waals surface area contributed by atoms with Gasteiger partial charge in [0.1, 0.15) is 12.4 Å². The number of nitrogens with one attached hydrogen (secondary N) is 1. The predicted molar refractivity (Wildman–Crippen MR) is 53.3 cm³/mol. The molecule has 0 spiro atoms. The van der Waals surface area contributed by atoms with E-state index < -0.39 is 6.17 Å². The Bertz CT molecular complexity index is 323. The third kappa shape index (κ3) is 2.58. The van der Waals surface area contributed by atoms with Gasteiger partial charge in [0.05, 0.1) is 11.8 Å². The van der Waals surface area contributed by atoms with Crippen molar-refractivity contribution in [3.63, 3.8) is 0 Å². The number of furan rings is 1. The molecule has 1 heterocycles. The van der Waals surface area contributed by atoms with Gasteiger partial charge in [-0.15, -0.1) is 0 Å². The van der Waals surface area contributed by atoms with E-state index in [4.69, 9.17) is 4.42 Å². The van der Waals surface area contributed by atoms with Crippen LogP contribution in [-0.2, 0) is 0 Å². The smallest absolute Gasteiger partial charge is 0.254 e. The van der Waals surface area contributed by atoms with Crippen molar-refractivity contribution in [3.05, 3.63) is 24.2 Å². The summed E-state index contributed by atoms with van der Waals surface area (Å²) in [6.07, 6.45) is 4.84. The number of amides is 1. The highest BCUT2D eigenvalue weighted by Crippen LogP contribution is 2.21. The molecule has 4 heteroatoms. The van der Waals surface area contributed by atoms with Crippen molar-refractivity contribution >= 4 is 5.91 Å². The number of halogens is 1. The SMILES string of the molecule is O=C(N[C@@H]1CCC[C@H](F)C1)c1ccoc1. The van der Waals surface area contributed by atoms with Crippen LogP contribution < -0.4 is 5.32 Å².